The standard InChI is InChI=1S/C17H15ClFNO3S/c18-13-2-1-3-16(17(13)19)24(21,22)10-4-5-11-12-6-7-20-9-15(12)23-14(11)8-10/h1-5,8,12,15,20H,6-7,9H2. The van der Waals surface area contributed by atoms with Crippen molar-refractivity contribution in [1.82, 2.24) is 5.32 Å². The van der Waals surface area contributed by atoms with E-state index in [1.807, 2.05) is 0 Å². The lowest BCUT2D eigenvalue weighted by Crippen LogP contribution is -2.39. The van der Waals surface area contributed by atoms with Crippen LogP contribution in [0.5, 0.6) is 5.75 Å². The smallest absolute Gasteiger partial charge is 0.209 e. The first-order chi connectivity index (χ1) is 11.5. The van der Waals surface area contributed by atoms with Crippen LogP contribution in [0.2, 0.25) is 5.02 Å². The average Bonchev–Trinajstić information content (AvgIpc) is 2.95. The molecule has 2 heterocycles. The SMILES string of the molecule is O=S(=O)(c1ccc2c(c1)OC1CNCCC21)c1cccc(Cl)c1F. The molecule has 2 unspecified atom stereocenters. The van der Waals surface area contributed by atoms with Crippen molar-refractivity contribution in [1.29, 1.82) is 0 Å². The van der Waals surface area contributed by atoms with Crippen LogP contribution >= 0.6 is 11.6 Å². The summed E-state index contributed by atoms with van der Waals surface area (Å²) < 4.78 is 45.5. The highest BCUT2D eigenvalue weighted by Crippen LogP contribution is 2.43. The lowest BCUT2D eigenvalue weighted by Gasteiger charge is -2.24. The predicted octanol–water partition coefficient (Wildman–Crippen LogP) is 3.15. The van der Waals surface area contributed by atoms with Crippen LogP contribution < -0.4 is 10.1 Å². The molecule has 7 heteroatoms. The fraction of sp³-hybridized carbons (Fsp3) is 0.294. The Morgan fingerprint density at radius 3 is 2.92 bits per heavy atom. The number of ether oxygens (including phenoxy) is 1. The van der Waals surface area contributed by atoms with Gasteiger partial charge in [-0.05, 0) is 37.2 Å². The maximum Gasteiger partial charge on any atom is 0.209 e. The summed E-state index contributed by atoms with van der Waals surface area (Å²) in [5, 5.41) is 3.05. The highest BCUT2D eigenvalue weighted by molar-refractivity contribution is 7.91. The highest BCUT2D eigenvalue weighted by Gasteiger charge is 2.37. The minimum absolute atomic E-state index is 0.00835. The van der Waals surface area contributed by atoms with Crippen molar-refractivity contribution in [3.05, 3.63) is 52.8 Å². The Morgan fingerprint density at radius 2 is 2.08 bits per heavy atom. The van der Waals surface area contributed by atoms with Crippen LogP contribution in [0.3, 0.4) is 0 Å². The summed E-state index contributed by atoms with van der Waals surface area (Å²) in [6.07, 6.45) is 0.974. The van der Waals surface area contributed by atoms with Crippen molar-refractivity contribution in [2.24, 2.45) is 0 Å². The number of hydrogen-bond donors (Lipinski definition) is 1. The molecular weight excluding hydrogens is 353 g/mol. The summed E-state index contributed by atoms with van der Waals surface area (Å²) in [5.74, 6) is -0.0865. The van der Waals surface area contributed by atoms with Gasteiger partial charge in [0, 0.05) is 18.0 Å². The van der Waals surface area contributed by atoms with Crippen molar-refractivity contribution in [3.63, 3.8) is 0 Å². The Bertz CT molecular complexity index is 916. The molecule has 0 spiro atoms. The molecule has 0 aliphatic carbocycles. The van der Waals surface area contributed by atoms with Gasteiger partial charge >= 0.3 is 0 Å². The van der Waals surface area contributed by atoms with Gasteiger partial charge in [-0.25, -0.2) is 12.8 Å². The minimum Gasteiger partial charge on any atom is -0.488 e. The number of piperidine rings is 1. The summed E-state index contributed by atoms with van der Waals surface area (Å²) in [4.78, 5) is -0.416. The zero-order valence-electron chi connectivity index (χ0n) is 12.6. The maximum absolute atomic E-state index is 14.1. The monoisotopic (exact) mass is 367 g/mol. The molecule has 1 fully saturated rings. The molecule has 0 bridgehead atoms. The lowest BCUT2D eigenvalue weighted by molar-refractivity contribution is 0.176. The first-order valence-electron chi connectivity index (χ1n) is 7.69. The Hall–Kier alpha value is -1.63. The number of rotatable bonds is 2. The second-order valence-electron chi connectivity index (χ2n) is 6.01. The number of benzene rings is 2. The third-order valence-corrected chi connectivity index (χ3v) is 6.67. The lowest BCUT2D eigenvalue weighted by atomic mass is 9.90. The van der Waals surface area contributed by atoms with Gasteiger partial charge in [0.1, 0.15) is 16.7 Å². The molecule has 4 rings (SSSR count). The molecule has 24 heavy (non-hydrogen) atoms. The zero-order valence-corrected chi connectivity index (χ0v) is 14.2. The zero-order chi connectivity index (χ0) is 16.9. The van der Waals surface area contributed by atoms with Gasteiger partial charge in [-0.3, -0.25) is 0 Å². The van der Waals surface area contributed by atoms with Crippen LogP contribution in [-0.4, -0.2) is 27.6 Å². The van der Waals surface area contributed by atoms with E-state index < -0.39 is 20.5 Å². The van der Waals surface area contributed by atoms with Crippen molar-refractivity contribution < 1.29 is 17.5 Å². The summed E-state index contributed by atoms with van der Waals surface area (Å²) in [5.41, 5.74) is 1.02. The fourth-order valence-electron chi connectivity index (χ4n) is 3.38. The highest BCUT2D eigenvalue weighted by atomic mass is 35.5. The molecule has 0 aromatic heterocycles. The molecule has 2 aromatic rings. The van der Waals surface area contributed by atoms with E-state index in [1.54, 1.807) is 6.07 Å². The van der Waals surface area contributed by atoms with Crippen molar-refractivity contribution in [2.45, 2.75) is 28.2 Å². The number of hydrogen-bond acceptors (Lipinski definition) is 4. The van der Waals surface area contributed by atoms with E-state index in [0.717, 1.165) is 25.1 Å². The van der Waals surface area contributed by atoms with E-state index in [1.165, 1.54) is 30.3 Å². The summed E-state index contributed by atoms with van der Waals surface area (Å²) in [7, 11) is -4.00. The second-order valence-corrected chi connectivity index (χ2v) is 8.34. The van der Waals surface area contributed by atoms with Gasteiger partial charge in [0.05, 0.1) is 9.92 Å². The molecule has 0 radical (unpaired) electrons. The topological polar surface area (TPSA) is 55.4 Å². The molecular formula is C17H15ClFNO3S. The van der Waals surface area contributed by atoms with Gasteiger partial charge in [0.2, 0.25) is 9.84 Å². The fourth-order valence-corrected chi connectivity index (χ4v) is 4.98. The molecule has 2 atom stereocenters. The average molecular weight is 368 g/mol. The van der Waals surface area contributed by atoms with Crippen LogP contribution in [0.1, 0.15) is 17.9 Å². The maximum atomic E-state index is 14.1. The van der Waals surface area contributed by atoms with Gasteiger partial charge < -0.3 is 10.1 Å². The Kier molecular flexibility index (Phi) is 3.78. The van der Waals surface area contributed by atoms with Gasteiger partial charge in [-0.1, -0.05) is 23.7 Å². The number of fused-ring (bicyclic) bond motifs is 3. The van der Waals surface area contributed by atoms with Crippen LogP contribution in [-0.2, 0) is 9.84 Å². The normalized spacial score (nSPS) is 22.6. The Labute approximate surface area is 144 Å². The minimum atomic E-state index is -4.00. The number of nitrogens with one attached hydrogen (secondary N) is 1. The van der Waals surface area contributed by atoms with Crippen LogP contribution in [0, 0.1) is 5.82 Å². The van der Waals surface area contributed by atoms with E-state index in [4.69, 9.17) is 16.3 Å². The number of halogens is 2. The van der Waals surface area contributed by atoms with Crippen molar-refractivity contribution in [3.8, 4) is 5.75 Å². The van der Waals surface area contributed by atoms with Crippen LogP contribution in [0.4, 0.5) is 4.39 Å². The molecule has 0 saturated carbocycles. The van der Waals surface area contributed by atoms with E-state index in [-0.39, 0.29) is 21.9 Å². The first-order valence-corrected chi connectivity index (χ1v) is 9.55. The molecule has 1 saturated heterocycles. The first kappa shape index (κ1) is 15.9. The Morgan fingerprint density at radius 1 is 1.25 bits per heavy atom. The van der Waals surface area contributed by atoms with E-state index >= 15 is 0 Å². The van der Waals surface area contributed by atoms with Gasteiger partial charge in [0.15, 0.2) is 5.82 Å². The second kappa shape index (κ2) is 5.72. The van der Waals surface area contributed by atoms with Crippen molar-refractivity contribution in [2.75, 3.05) is 13.1 Å². The van der Waals surface area contributed by atoms with E-state index in [9.17, 15) is 12.8 Å². The largest absolute Gasteiger partial charge is 0.488 e. The molecule has 2 aromatic carbocycles. The van der Waals surface area contributed by atoms with E-state index in [2.05, 4.69) is 5.32 Å². The quantitative estimate of drug-likeness (QED) is 0.886. The van der Waals surface area contributed by atoms with Gasteiger partial charge in [-0.2, -0.15) is 0 Å². The van der Waals surface area contributed by atoms with Crippen LogP contribution in [0.15, 0.2) is 46.2 Å². The summed E-state index contributed by atoms with van der Waals surface area (Å²) in [6, 6.07) is 8.74. The third-order valence-electron chi connectivity index (χ3n) is 4.61. The van der Waals surface area contributed by atoms with Crippen molar-refractivity contribution >= 4 is 21.4 Å². The molecule has 0 amide bonds. The molecule has 2 aliphatic rings. The summed E-state index contributed by atoms with van der Waals surface area (Å²) in [6.45, 7) is 1.65. The molecule has 4 nitrogen and oxygen atoms in total. The Balaban J connectivity index is 1.77. The van der Waals surface area contributed by atoms with Crippen LogP contribution in [0.25, 0.3) is 0 Å². The molecule has 2 aliphatic heterocycles. The third kappa shape index (κ3) is 2.41. The molecule has 1 N–H and O–H groups in total. The van der Waals surface area contributed by atoms with E-state index in [0.29, 0.717) is 5.75 Å². The van der Waals surface area contributed by atoms with Gasteiger partial charge in [0.25, 0.3) is 0 Å². The number of sulfone groups is 1. The summed E-state index contributed by atoms with van der Waals surface area (Å²) >= 11 is 5.71. The predicted molar refractivity (Wildman–Crippen MR) is 87.9 cm³/mol. The van der Waals surface area contributed by atoms with Gasteiger partial charge in [-0.15, -0.1) is 0 Å². The molecule has 126 valence electrons.